The summed E-state index contributed by atoms with van der Waals surface area (Å²) < 4.78 is 17.5. The highest BCUT2D eigenvalue weighted by Crippen LogP contribution is 2.32. The summed E-state index contributed by atoms with van der Waals surface area (Å²) in [5.41, 5.74) is 1.98. The Hall–Kier alpha value is -2.59. The third-order valence-corrected chi connectivity index (χ3v) is 4.64. The standard InChI is InChI=1S/C21H21NO3/c1-23-17-7-8-19(13-17)24-18-6-2-4-15(12-18)20-9-10-21(25-20)16-5-3-11-22-14-16/h2-6,9-12,14,17,19H,7-8,13H2,1H3. The molecule has 1 fully saturated rings. The summed E-state index contributed by atoms with van der Waals surface area (Å²) in [6.07, 6.45) is 7.15. The van der Waals surface area contributed by atoms with Crippen molar-refractivity contribution < 1.29 is 13.9 Å². The minimum Gasteiger partial charge on any atom is -0.490 e. The Kier molecular flexibility index (Phi) is 4.53. The Balaban J connectivity index is 1.51. The third kappa shape index (κ3) is 3.59. The fourth-order valence-electron chi connectivity index (χ4n) is 3.29. The van der Waals surface area contributed by atoms with Gasteiger partial charge in [-0.05, 0) is 49.2 Å². The van der Waals surface area contributed by atoms with Crippen LogP contribution in [-0.4, -0.2) is 24.3 Å². The molecule has 2 heterocycles. The molecule has 1 saturated carbocycles. The van der Waals surface area contributed by atoms with E-state index >= 15 is 0 Å². The van der Waals surface area contributed by atoms with Gasteiger partial charge in [-0.15, -0.1) is 0 Å². The van der Waals surface area contributed by atoms with Gasteiger partial charge in [-0.1, -0.05) is 12.1 Å². The van der Waals surface area contributed by atoms with E-state index in [0.29, 0.717) is 6.10 Å². The van der Waals surface area contributed by atoms with Gasteiger partial charge < -0.3 is 13.9 Å². The van der Waals surface area contributed by atoms with E-state index in [-0.39, 0.29) is 6.10 Å². The number of furan rings is 1. The summed E-state index contributed by atoms with van der Waals surface area (Å²) >= 11 is 0. The number of pyridine rings is 1. The van der Waals surface area contributed by atoms with Crippen LogP contribution >= 0.6 is 0 Å². The summed E-state index contributed by atoms with van der Waals surface area (Å²) in [4.78, 5) is 4.14. The van der Waals surface area contributed by atoms with Gasteiger partial charge in [-0.25, -0.2) is 0 Å². The molecule has 0 amide bonds. The molecule has 1 aliphatic carbocycles. The number of rotatable bonds is 5. The Morgan fingerprint density at radius 1 is 0.960 bits per heavy atom. The molecule has 1 aromatic carbocycles. The summed E-state index contributed by atoms with van der Waals surface area (Å²) in [5.74, 6) is 2.51. The molecule has 0 N–H and O–H groups in total. The molecule has 128 valence electrons. The average Bonchev–Trinajstić information content (AvgIpc) is 3.32. The second kappa shape index (κ2) is 7.11. The Morgan fingerprint density at radius 3 is 2.52 bits per heavy atom. The van der Waals surface area contributed by atoms with Crippen LogP contribution in [0.1, 0.15) is 19.3 Å². The van der Waals surface area contributed by atoms with E-state index in [9.17, 15) is 0 Å². The van der Waals surface area contributed by atoms with Crippen LogP contribution in [0.2, 0.25) is 0 Å². The maximum Gasteiger partial charge on any atom is 0.136 e. The van der Waals surface area contributed by atoms with Gasteiger partial charge in [-0.3, -0.25) is 4.98 Å². The minimum absolute atomic E-state index is 0.225. The number of hydrogen-bond donors (Lipinski definition) is 0. The number of nitrogens with zero attached hydrogens (tertiary/aromatic N) is 1. The highest BCUT2D eigenvalue weighted by atomic mass is 16.5. The van der Waals surface area contributed by atoms with E-state index in [4.69, 9.17) is 13.9 Å². The zero-order chi connectivity index (χ0) is 17.1. The first-order chi connectivity index (χ1) is 12.3. The molecule has 25 heavy (non-hydrogen) atoms. The van der Waals surface area contributed by atoms with Crippen molar-refractivity contribution in [1.29, 1.82) is 0 Å². The minimum atomic E-state index is 0.225. The molecule has 2 unspecified atom stereocenters. The van der Waals surface area contributed by atoms with Crippen molar-refractivity contribution in [2.75, 3.05) is 7.11 Å². The van der Waals surface area contributed by atoms with Crippen LogP contribution < -0.4 is 4.74 Å². The maximum atomic E-state index is 6.13. The van der Waals surface area contributed by atoms with Crippen LogP contribution in [0.5, 0.6) is 5.75 Å². The van der Waals surface area contributed by atoms with Gasteiger partial charge in [0.25, 0.3) is 0 Å². The second-order valence-corrected chi connectivity index (χ2v) is 6.34. The average molecular weight is 335 g/mol. The molecule has 0 saturated heterocycles. The van der Waals surface area contributed by atoms with E-state index in [1.165, 1.54) is 0 Å². The molecule has 2 aromatic heterocycles. The van der Waals surface area contributed by atoms with Crippen molar-refractivity contribution in [3.05, 3.63) is 60.9 Å². The van der Waals surface area contributed by atoms with Crippen molar-refractivity contribution >= 4 is 0 Å². The Labute approximate surface area is 147 Å². The number of aromatic nitrogens is 1. The first-order valence-electron chi connectivity index (χ1n) is 8.62. The van der Waals surface area contributed by atoms with E-state index in [2.05, 4.69) is 4.98 Å². The zero-order valence-electron chi connectivity index (χ0n) is 14.2. The van der Waals surface area contributed by atoms with Crippen molar-refractivity contribution in [3.63, 3.8) is 0 Å². The third-order valence-electron chi connectivity index (χ3n) is 4.64. The predicted molar refractivity (Wildman–Crippen MR) is 96.4 cm³/mol. The van der Waals surface area contributed by atoms with Gasteiger partial charge >= 0.3 is 0 Å². The summed E-state index contributed by atoms with van der Waals surface area (Å²) in [7, 11) is 1.77. The van der Waals surface area contributed by atoms with Crippen LogP contribution in [-0.2, 0) is 4.74 Å². The molecule has 2 atom stereocenters. The normalized spacial score (nSPS) is 19.9. The van der Waals surface area contributed by atoms with Crippen molar-refractivity contribution in [3.8, 4) is 28.4 Å². The summed E-state index contributed by atoms with van der Waals surface area (Å²) in [5, 5.41) is 0. The maximum absolute atomic E-state index is 6.13. The topological polar surface area (TPSA) is 44.5 Å². The molecular weight excluding hydrogens is 314 g/mol. The lowest BCUT2D eigenvalue weighted by atomic mass is 10.1. The first kappa shape index (κ1) is 15.9. The van der Waals surface area contributed by atoms with Crippen LogP contribution in [0.15, 0.2) is 65.3 Å². The highest BCUT2D eigenvalue weighted by molar-refractivity contribution is 5.65. The number of methoxy groups -OCH3 is 1. The molecule has 0 spiro atoms. The Bertz CT molecular complexity index is 828. The molecule has 0 aliphatic heterocycles. The molecule has 0 radical (unpaired) electrons. The number of ether oxygens (including phenoxy) is 2. The van der Waals surface area contributed by atoms with Crippen molar-refractivity contribution in [1.82, 2.24) is 4.98 Å². The highest BCUT2D eigenvalue weighted by Gasteiger charge is 2.25. The fraction of sp³-hybridized carbons (Fsp3) is 0.286. The van der Waals surface area contributed by atoms with Gasteiger partial charge in [0.15, 0.2) is 0 Å². The second-order valence-electron chi connectivity index (χ2n) is 6.34. The summed E-state index contributed by atoms with van der Waals surface area (Å²) in [6.45, 7) is 0. The van der Waals surface area contributed by atoms with E-state index in [0.717, 1.165) is 47.7 Å². The van der Waals surface area contributed by atoms with Gasteiger partial charge in [0.1, 0.15) is 23.4 Å². The molecule has 4 nitrogen and oxygen atoms in total. The van der Waals surface area contributed by atoms with E-state index in [1.54, 1.807) is 19.5 Å². The SMILES string of the molecule is COC1CCC(Oc2cccc(-c3ccc(-c4cccnc4)o3)c2)C1. The quantitative estimate of drug-likeness (QED) is 0.661. The van der Waals surface area contributed by atoms with Crippen LogP contribution in [0.4, 0.5) is 0 Å². The molecular formula is C21H21NO3. The van der Waals surface area contributed by atoms with Crippen molar-refractivity contribution in [2.24, 2.45) is 0 Å². The van der Waals surface area contributed by atoms with Gasteiger partial charge in [0, 0.05) is 37.1 Å². The lowest BCUT2D eigenvalue weighted by Gasteiger charge is -2.14. The van der Waals surface area contributed by atoms with E-state index in [1.807, 2.05) is 48.5 Å². The monoisotopic (exact) mass is 335 g/mol. The number of benzene rings is 1. The predicted octanol–water partition coefficient (Wildman–Crippen LogP) is 4.95. The van der Waals surface area contributed by atoms with Crippen LogP contribution in [0.25, 0.3) is 22.6 Å². The molecule has 0 bridgehead atoms. The Morgan fingerprint density at radius 2 is 1.76 bits per heavy atom. The van der Waals surface area contributed by atoms with Crippen LogP contribution in [0, 0.1) is 0 Å². The molecule has 4 rings (SSSR count). The summed E-state index contributed by atoms with van der Waals surface area (Å²) in [6, 6.07) is 15.9. The zero-order valence-corrected chi connectivity index (χ0v) is 14.2. The molecule has 4 heteroatoms. The lowest BCUT2D eigenvalue weighted by Crippen LogP contribution is -2.14. The van der Waals surface area contributed by atoms with Crippen LogP contribution in [0.3, 0.4) is 0 Å². The molecule has 3 aromatic rings. The van der Waals surface area contributed by atoms with Gasteiger partial charge in [0.2, 0.25) is 0 Å². The molecule has 1 aliphatic rings. The largest absolute Gasteiger partial charge is 0.490 e. The smallest absolute Gasteiger partial charge is 0.136 e. The van der Waals surface area contributed by atoms with Crippen molar-refractivity contribution in [2.45, 2.75) is 31.5 Å². The van der Waals surface area contributed by atoms with E-state index < -0.39 is 0 Å². The fourth-order valence-corrected chi connectivity index (χ4v) is 3.29. The van der Waals surface area contributed by atoms with Gasteiger partial charge in [0.05, 0.1) is 6.10 Å². The number of hydrogen-bond acceptors (Lipinski definition) is 4. The van der Waals surface area contributed by atoms with Gasteiger partial charge in [-0.2, -0.15) is 0 Å². The first-order valence-corrected chi connectivity index (χ1v) is 8.62. The lowest BCUT2D eigenvalue weighted by molar-refractivity contribution is 0.0947.